The number of carbonyl (C=O) groups is 3. The van der Waals surface area contributed by atoms with Crippen molar-refractivity contribution in [1.82, 2.24) is 5.32 Å². The largest absolute Gasteiger partial charge is 0.495 e. The van der Waals surface area contributed by atoms with Crippen LogP contribution < -0.4 is 26.0 Å². The molecule has 4 N–H and O–H groups in total. The fourth-order valence-corrected chi connectivity index (χ4v) is 2.57. The molecule has 28 heavy (non-hydrogen) atoms. The second-order valence-electron chi connectivity index (χ2n) is 5.95. The lowest BCUT2D eigenvalue weighted by Crippen LogP contribution is -2.49. The first kappa shape index (κ1) is 21.6. The summed E-state index contributed by atoms with van der Waals surface area (Å²) in [6.07, 6.45) is 0.370. The normalized spacial score (nSPS) is 14.0. The molecule has 0 atom stereocenters. The Morgan fingerprint density at radius 2 is 1.96 bits per heavy atom. The van der Waals surface area contributed by atoms with Gasteiger partial charge in [-0.25, -0.2) is 4.79 Å². The summed E-state index contributed by atoms with van der Waals surface area (Å²) in [6.45, 7) is 2.26. The Balaban J connectivity index is 1.89. The van der Waals surface area contributed by atoms with E-state index in [4.69, 9.17) is 19.9 Å². The summed E-state index contributed by atoms with van der Waals surface area (Å²) in [5.74, 6) is -0.0846. The van der Waals surface area contributed by atoms with Crippen molar-refractivity contribution in [1.29, 1.82) is 0 Å². The van der Waals surface area contributed by atoms with Crippen LogP contribution in [0.5, 0.6) is 5.75 Å². The second kappa shape index (κ2) is 11.2. The Hall–Kier alpha value is -2.69. The fraction of sp³-hybridized carbons (Fsp3) is 0.500. The summed E-state index contributed by atoms with van der Waals surface area (Å²) in [7, 11) is 1.48. The minimum atomic E-state index is -0.525. The van der Waals surface area contributed by atoms with Crippen LogP contribution in [-0.2, 0) is 19.1 Å². The third-order valence-electron chi connectivity index (χ3n) is 3.92. The monoisotopic (exact) mass is 394 g/mol. The van der Waals surface area contributed by atoms with E-state index in [1.165, 1.54) is 12.0 Å². The third kappa shape index (κ3) is 6.48. The summed E-state index contributed by atoms with van der Waals surface area (Å²) in [4.78, 5) is 36.9. The average molecular weight is 394 g/mol. The summed E-state index contributed by atoms with van der Waals surface area (Å²) in [5, 5.41) is 5.02. The third-order valence-corrected chi connectivity index (χ3v) is 3.92. The minimum absolute atomic E-state index is 0.178. The lowest BCUT2D eigenvalue weighted by molar-refractivity contribution is -0.120. The first-order chi connectivity index (χ1) is 13.5. The van der Waals surface area contributed by atoms with Crippen molar-refractivity contribution in [2.24, 2.45) is 5.73 Å². The van der Waals surface area contributed by atoms with E-state index in [2.05, 4.69) is 10.6 Å². The first-order valence-corrected chi connectivity index (χ1v) is 9.00. The summed E-state index contributed by atoms with van der Waals surface area (Å²) < 4.78 is 15.8. The van der Waals surface area contributed by atoms with Crippen molar-refractivity contribution in [2.45, 2.75) is 12.8 Å². The number of urea groups is 1. The molecule has 0 spiro atoms. The Labute approximate surface area is 163 Å². The molecule has 0 aromatic heterocycles. The van der Waals surface area contributed by atoms with Gasteiger partial charge in [0.2, 0.25) is 11.8 Å². The number of hydrogen-bond donors (Lipinski definition) is 3. The minimum Gasteiger partial charge on any atom is -0.495 e. The molecular weight excluding hydrogens is 368 g/mol. The van der Waals surface area contributed by atoms with Crippen LogP contribution in [0.15, 0.2) is 18.2 Å². The Morgan fingerprint density at radius 1 is 1.21 bits per heavy atom. The predicted molar refractivity (Wildman–Crippen MR) is 102 cm³/mol. The molecule has 0 aliphatic carbocycles. The number of ether oxygens (including phenoxy) is 3. The zero-order chi connectivity index (χ0) is 20.4. The number of rotatable bonds is 11. The molecule has 1 fully saturated rings. The highest BCUT2D eigenvalue weighted by Crippen LogP contribution is 2.32. The van der Waals surface area contributed by atoms with Gasteiger partial charge in [-0.1, -0.05) is 0 Å². The van der Waals surface area contributed by atoms with E-state index in [0.29, 0.717) is 43.5 Å². The number of amides is 4. The molecule has 1 heterocycles. The van der Waals surface area contributed by atoms with Crippen molar-refractivity contribution in [2.75, 3.05) is 56.8 Å². The van der Waals surface area contributed by atoms with Gasteiger partial charge in [0, 0.05) is 25.2 Å². The van der Waals surface area contributed by atoms with Gasteiger partial charge in [0.15, 0.2) is 0 Å². The Bertz CT molecular complexity index is 697. The molecule has 1 aromatic carbocycles. The number of hydrogen-bond acceptors (Lipinski definition) is 7. The number of anilines is 2. The quantitative estimate of drug-likeness (QED) is 0.465. The van der Waals surface area contributed by atoms with Gasteiger partial charge in [0.1, 0.15) is 5.75 Å². The van der Waals surface area contributed by atoms with E-state index >= 15 is 0 Å². The molecule has 1 aromatic rings. The number of methoxy groups -OCH3 is 1. The first-order valence-electron chi connectivity index (χ1n) is 9.00. The summed E-state index contributed by atoms with van der Waals surface area (Å²) >= 11 is 0. The molecule has 1 aliphatic heterocycles. The highest BCUT2D eigenvalue weighted by atomic mass is 16.5. The molecule has 4 amide bonds. The van der Waals surface area contributed by atoms with Crippen LogP contribution in [0.25, 0.3) is 0 Å². The number of imide groups is 1. The van der Waals surface area contributed by atoms with Crippen molar-refractivity contribution >= 4 is 29.2 Å². The van der Waals surface area contributed by atoms with E-state index < -0.39 is 6.03 Å². The molecule has 1 aliphatic rings. The molecule has 0 unspecified atom stereocenters. The van der Waals surface area contributed by atoms with Gasteiger partial charge in [0.05, 0.1) is 45.6 Å². The van der Waals surface area contributed by atoms with E-state index in [-0.39, 0.29) is 37.8 Å². The van der Waals surface area contributed by atoms with Gasteiger partial charge >= 0.3 is 6.03 Å². The molecule has 154 valence electrons. The Kier molecular flexibility index (Phi) is 8.66. The molecule has 2 rings (SSSR count). The van der Waals surface area contributed by atoms with E-state index in [1.54, 1.807) is 18.2 Å². The molecular formula is C18H26N4O6. The van der Waals surface area contributed by atoms with Crippen LogP contribution in [-0.4, -0.2) is 64.5 Å². The van der Waals surface area contributed by atoms with E-state index in [1.807, 2.05) is 0 Å². The number of nitrogens with zero attached hydrogens (tertiary/aromatic N) is 1. The summed E-state index contributed by atoms with van der Waals surface area (Å²) in [6, 6.07) is 4.44. The van der Waals surface area contributed by atoms with Gasteiger partial charge in [-0.3, -0.25) is 19.8 Å². The van der Waals surface area contributed by atoms with Crippen LogP contribution >= 0.6 is 0 Å². The maximum atomic E-state index is 12.1. The topological polar surface area (TPSA) is 132 Å². The lowest BCUT2D eigenvalue weighted by Gasteiger charge is -2.28. The SMILES string of the molecule is COc1ccc(NC(=O)CCOCCOCCN)cc1N1CCC(=O)NC1=O. The standard InChI is InChI=1S/C18H26N4O6/c1-26-15-3-2-13(12-14(15)22-7-4-16(23)21-18(22)25)20-17(24)5-8-27-10-11-28-9-6-19/h2-3,12H,4-11,19H2,1H3,(H,20,24)(H,21,23,25). The van der Waals surface area contributed by atoms with Gasteiger partial charge in [-0.2, -0.15) is 0 Å². The number of nitrogens with two attached hydrogens (primary N) is 1. The highest BCUT2D eigenvalue weighted by molar-refractivity contribution is 6.06. The van der Waals surface area contributed by atoms with Crippen molar-refractivity contribution in [3.05, 3.63) is 18.2 Å². The molecule has 10 heteroatoms. The van der Waals surface area contributed by atoms with Crippen molar-refractivity contribution in [3.8, 4) is 5.75 Å². The molecule has 0 bridgehead atoms. The van der Waals surface area contributed by atoms with E-state index in [9.17, 15) is 14.4 Å². The Morgan fingerprint density at radius 3 is 2.64 bits per heavy atom. The van der Waals surface area contributed by atoms with Crippen LogP contribution in [0.3, 0.4) is 0 Å². The zero-order valence-electron chi connectivity index (χ0n) is 15.9. The number of benzene rings is 1. The summed E-state index contributed by atoms with van der Waals surface area (Å²) in [5.41, 5.74) is 6.29. The molecule has 10 nitrogen and oxygen atoms in total. The molecule has 1 saturated heterocycles. The smallest absolute Gasteiger partial charge is 0.328 e. The fourth-order valence-electron chi connectivity index (χ4n) is 2.57. The maximum absolute atomic E-state index is 12.1. The number of nitrogens with one attached hydrogen (secondary N) is 2. The molecule has 0 radical (unpaired) electrons. The van der Waals surface area contributed by atoms with Crippen molar-refractivity contribution < 1.29 is 28.6 Å². The number of carbonyl (C=O) groups excluding carboxylic acids is 3. The van der Waals surface area contributed by atoms with Crippen LogP contribution in [0, 0.1) is 0 Å². The zero-order valence-corrected chi connectivity index (χ0v) is 15.9. The predicted octanol–water partition coefficient (Wildman–Crippen LogP) is 0.462. The van der Waals surface area contributed by atoms with E-state index in [0.717, 1.165) is 0 Å². The maximum Gasteiger partial charge on any atom is 0.328 e. The molecule has 0 saturated carbocycles. The highest BCUT2D eigenvalue weighted by Gasteiger charge is 2.26. The van der Waals surface area contributed by atoms with Gasteiger partial charge < -0.3 is 25.3 Å². The second-order valence-corrected chi connectivity index (χ2v) is 5.95. The van der Waals surface area contributed by atoms with Crippen molar-refractivity contribution in [3.63, 3.8) is 0 Å². The van der Waals surface area contributed by atoms with Crippen LogP contribution in [0.4, 0.5) is 16.2 Å². The van der Waals surface area contributed by atoms with Gasteiger partial charge in [-0.15, -0.1) is 0 Å². The van der Waals surface area contributed by atoms with Crippen LogP contribution in [0.2, 0.25) is 0 Å². The average Bonchev–Trinajstić information content (AvgIpc) is 2.67. The van der Waals surface area contributed by atoms with Gasteiger partial charge in [0.25, 0.3) is 0 Å². The lowest BCUT2D eigenvalue weighted by atomic mass is 10.2. The van der Waals surface area contributed by atoms with Gasteiger partial charge in [-0.05, 0) is 18.2 Å². The van der Waals surface area contributed by atoms with Crippen LogP contribution in [0.1, 0.15) is 12.8 Å².